The Morgan fingerprint density at radius 3 is 2.86 bits per heavy atom. The minimum Gasteiger partial charge on any atom is -0.315 e. The van der Waals surface area contributed by atoms with Crippen molar-refractivity contribution in [3.63, 3.8) is 0 Å². The largest absolute Gasteiger partial charge is 0.315 e. The first-order chi connectivity index (χ1) is 10.0. The zero-order valence-corrected chi connectivity index (χ0v) is 12.9. The van der Waals surface area contributed by atoms with Crippen molar-refractivity contribution in [3.8, 4) is 0 Å². The fourth-order valence-corrected chi connectivity index (χ4v) is 2.85. The van der Waals surface area contributed by atoms with E-state index in [0.29, 0.717) is 12.2 Å². The Morgan fingerprint density at radius 2 is 2.14 bits per heavy atom. The Bertz CT molecular complexity index is 696. The van der Waals surface area contributed by atoms with Crippen LogP contribution < -0.4 is 10.0 Å². The van der Waals surface area contributed by atoms with E-state index in [0.717, 1.165) is 18.7 Å². The first-order valence-electron chi connectivity index (χ1n) is 6.69. The highest BCUT2D eigenvalue weighted by Gasteiger charge is 2.17. The molecule has 2 aromatic rings. The summed E-state index contributed by atoms with van der Waals surface area (Å²) in [5.74, 6) is 0. The van der Waals surface area contributed by atoms with Crippen LogP contribution >= 0.6 is 0 Å². The Morgan fingerprint density at radius 1 is 1.33 bits per heavy atom. The Hall–Kier alpha value is -1.93. The van der Waals surface area contributed by atoms with Gasteiger partial charge >= 0.3 is 0 Å². The van der Waals surface area contributed by atoms with E-state index in [1.807, 2.05) is 6.92 Å². The lowest BCUT2D eigenvalue weighted by atomic mass is 10.3. The maximum Gasteiger partial charge on any atom is 0.265 e. The molecule has 2 rings (SSSR count). The van der Waals surface area contributed by atoms with Crippen LogP contribution in [0.4, 0.5) is 5.69 Å². The van der Waals surface area contributed by atoms with Gasteiger partial charge in [-0.2, -0.15) is 5.10 Å². The number of aromatic nitrogens is 3. The second-order valence-electron chi connectivity index (χ2n) is 4.59. The second-order valence-corrected chi connectivity index (χ2v) is 6.27. The summed E-state index contributed by atoms with van der Waals surface area (Å²) in [6, 6.07) is 1.63. The average molecular weight is 309 g/mol. The van der Waals surface area contributed by atoms with E-state index >= 15 is 0 Å². The molecular formula is C13H19N5O2S. The molecule has 0 atom stereocenters. The first kappa shape index (κ1) is 15.5. The third-order valence-electron chi connectivity index (χ3n) is 2.95. The number of likely N-dealkylation sites (N-methyl/N-ethyl adjacent to an activating group) is 1. The quantitative estimate of drug-likeness (QED) is 0.745. The van der Waals surface area contributed by atoms with Gasteiger partial charge in [-0.05, 0) is 25.1 Å². The van der Waals surface area contributed by atoms with E-state index in [2.05, 4.69) is 20.1 Å². The average Bonchev–Trinajstić information content (AvgIpc) is 2.91. The molecule has 0 saturated carbocycles. The lowest BCUT2D eigenvalue weighted by Crippen LogP contribution is -2.19. The van der Waals surface area contributed by atoms with Crippen molar-refractivity contribution >= 4 is 15.7 Å². The number of pyridine rings is 1. The molecule has 0 saturated heterocycles. The van der Waals surface area contributed by atoms with Crippen molar-refractivity contribution in [1.29, 1.82) is 0 Å². The molecule has 8 heteroatoms. The van der Waals surface area contributed by atoms with Crippen molar-refractivity contribution in [1.82, 2.24) is 20.1 Å². The van der Waals surface area contributed by atoms with Crippen LogP contribution in [0.25, 0.3) is 0 Å². The van der Waals surface area contributed by atoms with Gasteiger partial charge in [-0.15, -0.1) is 0 Å². The molecule has 2 heterocycles. The van der Waals surface area contributed by atoms with Crippen molar-refractivity contribution < 1.29 is 8.42 Å². The zero-order chi connectivity index (χ0) is 15.3. The van der Waals surface area contributed by atoms with Crippen molar-refractivity contribution in [3.05, 3.63) is 36.4 Å². The van der Waals surface area contributed by atoms with E-state index in [1.165, 1.54) is 12.4 Å². The fourth-order valence-electron chi connectivity index (χ4n) is 1.77. The minimum atomic E-state index is -3.63. The number of rotatable bonds is 7. The highest BCUT2D eigenvalue weighted by Crippen LogP contribution is 2.17. The molecular weight excluding hydrogens is 290 g/mol. The summed E-state index contributed by atoms with van der Waals surface area (Å²) < 4.78 is 28.7. The van der Waals surface area contributed by atoms with Gasteiger partial charge in [0.2, 0.25) is 0 Å². The van der Waals surface area contributed by atoms with E-state index in [4.69, 9.17) is 0 Å². The lowest BCUT2D eigenvalue weighted by molar-refractivity contribution is 0.564. The molecule has 0 spiro atoms. The van der Waals surface area contributed by atoms with Crippen molar-refractivity contribution in [2.75, 3.05) is 17.8 Å². The van der Waals surface area contributed by atoms with Crippen LogP contribution in [0, 0.1) is 6.92 Å². The lowest BCUT2D eigenvalue weighted by Gasteiger charge is -2.08. The number of hydrogen-bond acceptors (Lipinski definition) is 5. The summed E-state index contributed by atoms with van der Waals surface area (Å²) in [6.07, 6.45) is 6.03. The monoisotopic (exact) mass is 309 g/mol. The first-order valence-corrected chi connectivity index (χ1v) is 8.18. The van der Waals surface area contributed by atoms with Crippen LogP contribution in [0.1, 0.15) is 12.5 Å². The summed E-state index contributed by atoms with van der Waals surface area (Å²) in [6.45, 7) is 6.05. The van der Waals surface area contributed by atoms with Gasteiger partial charge in [0.05, 0.1) is 18.4 Å². The second kappa shape index (κ2) is 6.68. The molecule has 0 amide bonds. The summed E-state index contributed by atoms with van der Waals surface area (Å²) in [5, 5.41) is 7.22. The summed E-state index contributed by atoms with van der Waals surface area (Å²) in [7, 11) is -3.63. The topological polar surface area (TPSA) is 88.9 Å². The molecule has 114 valence electrons. The predicted octanol–water partition coefficient (Wildman–Crippen LogP) is 0.997. The van der Waals surface area contributed by atoms with E-state index in [-0.39, 0.29) is 4.90 Å². The Kier molecular flexibility index (Phi) is 4.92. The van der Waals surface area contributed by atoms with Crippen molar-refractivity contribution in [2.45, 2.75) is 25.3 Å². The molecule has 0 aliphatic carbocycles. The van der Waals surface area contributed by atoms with Gasteiger partial charge in [0.1, 0.15) is 4.90 Å². The predicted molar refractivity (Wildman–Crippen MR) is 80.6 cm³/mol. The molecule has 0 radical (unpaired) electrons. The number of nitrogens with zero attached hydrogens (tertiary/aromatic N) is 3. The highest BCUT2D eigenvalue weighted by atomic mass is 32.2. The van der Waals surface area contributed by atoms with Gasteiger partial charge in [-0.1, -0.05) is 6.92 Å². The van der Waals surface area contributed by atoms with Gasteiger partial charge in [-0.3, -0.25) is 14.4 Å². The number of hydrogen-bond donors (Lipinski definition) is 2. The molecule has 7 nitrogen and oxygen atoms in total. The normalized spacial score (nSPS) is 11.5. The Balaban J connectivity index is 2.11. The molecule has 0 aliphatic heterocycles. The zero-order valence-electron chi connectivity index (χ0n) is 12.1. The Labute approximate surface area is 124 Å². The molecule has 0 aliphatic rings. The van der Waals surface area contributed by atoms with Crippen LogP contribution in [0.3, 0.4) is 0 Å². The maximum absolute atomic E-state index is 12.3. The molecule has 0 aromatic carbocycles. The van der Waals surface area contributed by atoms with Gasteiger partial charge in [0.15, 0.2) is 0 Å². The smallest absolute Gasteiger partial charge is 0.265 e. The third kappa shape index (κ3) is 4.02. The maximum atomic E-state index is 12.3. The molecule has 0 fully saturated rings. The summed E-state index contributed by atoms with van der Waals surface area (Å²) in [5.41, 5.74) is 1.28. The number of sulfonamides is 1. The molecule has 0 unspecified atom stereocenters. The molecule has 2 N–H and O–H groups in total. The number of anilines is 1. The summed E-state index contributed by atoms with van der Waals surface area (Å²) >= 11 is 0. The third-order valence-corrected chi connectivity index (χ3v) is 4.27. The minimum absolute atomic E-state index is 0.148. The molecule has 2 aromatic heterocycles. The van der Waals surface area contributed by atoms with Crippen LogP contribution in [0.2, 0.25) is 0 Å². The van der Waals surface area contributed by atoms with Crippen LogP contribution in [-0.2, 0) is 16.6 Å². The number of nitrogens with one attached hydrogen (secondary N) is 2. The number of aryl methyl sites for hydroxylation is 1. The molecule has 0 bridgehead atoms. The van der Waals surface area contributed by atoms with Gasteiger partial charge in [-0.25, -0.2) is 8.42 Å². The summed E-state index contributed by atoms with van der Waals surface area (Å²) in [4.78, 5) is 4.08. The van der Waals surface area contributed by atoms with Crippen LogP contribution in [0.5, 0.6) is 0 Å². The van der Waals surface area contributed by atoms with E-state index in [1.54, 1.807) is 30.1 Å². The van der Waals surface area contributed by atoms with Gasteiger partial charge in [0, 0.05) is 25.1 Å². The van der Waals surface area contributed by atoms with E-state index in [9.17, 15) is 8.42 Å². The SMILES string of the molecule is CCNCCn1cc(S(=O)(=O)Nc2ccncc2C)cn1. The molecule has 21 heavy (non-hydrogen) atoms. The fraction of sp³-hybridized carbons (Fsp3) is 0.385. The standard InChI is InChI=1S/C13H19N5O2S/c1-3-14-6-7-18-10-12(9-16-18)21(19,20)17-13-4-5-15-8-11(13)2/h4-5,8-10,14H,3,6-7H2,1-2H3,(H,15,17). The highest BCUT2D eigenvalue weighted by molar-refractivity contribution is 7.92. The van der Waals surface area contributed by atoms with Crippen LogP contribution in [-0.4, -0.2) is 36.3 Å². The van der Waals surface area contributed by atoms with Gasteiger partial charge < -0.3 is 5.32 Å². The van der Waals surface area contributed by atoms with Gasteiger partial charge in [0.25, 0.3) is 10.0 Å². The van der Waals surface area contributed by atoms with Crippen molar-refractivity contribution in [2.24, 2.45) is 0 Å². The van der Waals surface area contributed by atoms with E-state index < -0.39 is 10.0 Å². The van der Waals surface area contributed by atoms with Crippen LogP contribution in [0.15, 0.2) is 35.7 Å².